The van der Waals surface area contributed by atoms with Crippen LogP contribution in [-0.2, 0) is 18.3 Å². The van der Waals surface area contributed by atoms with Crippen LogP contribution in [0.4, 0.5) is 4.79 Å². The molecular weight excluding hydrogens is 266 g/mol. The van der Waals surface area contributed by atoms with Crippen LogP contribution >= 0.6 is 0 Å². The molecule has 1 unspecified atom stereocenters. The molecule has 1 aromatic rings. The quantitative estimate of drug-likeness (QED) is 0.847. The molecule has 1 amide bonds. The van der Waals surface area contributed by atoms with Crippen molar-refractivity contribution in [3.05, 3.63) is 24.0 Å². The van der Waals surface area contributed by atoms with Gasteiger partial charge in [-0.1, -0.05) is 0 Å². The van der Waals surface area contributed by atoms with Gasteiger partial charge in [0.1, 0.15) is 5.60 Å². The van der Waals surface area contributed by atoms with E-state index < -0.39 is 5.60 Å². The zero-order chi connectivity index (χ0) is 15.5. The molecule has 1 aliphatic rings. The van der Waals surface area contributed by atoms with E-state index in [0.29, 0.717) is 5.92 Å². The number of carbonyl (C=O) groups is 1. The number of rotatable bonds is 6. The molecule has 1 heterocycles. The van der Waals surface area contributed by atoms with Crippen molar-refractivity contribution in [2.75, 3.05) is 6.54 Å². The maximum absolute atomic E-state index is 11.9. The number of aromatic nitrogens is 1. The first-order valence-electron chi connectivity index (χ1n) is 7.64. The van der Waals surface area contributed by atoms with Crippen LogP contribution in [0.1, 0.15) is 39.2 Å². The fraction of sp³-hybridized carbons (Fsp3) is 0.688. The fourth-order valence-electron chi connectivity index (χ4n) is 2.33. The van der Waals surface area contributed by atoms with E-state index in [0.717, 1.165) is 13.1 Å². The summed E-state index contributed by atoms with van der Waals surface area (Å²) in [6.07, 6.45) is 6.19. The van der Waals surface area contributed by atoms with Crippen LogP contribution in [0.25, 0.3) is 0 Å². The third-order valence-electron chi connectivity index (χ3n) is 3.48. The van der Waals surface area contributed by atoms with Crippen LogP contribution in [0.2, 0.25) is 0 Å². The minimum atomic E-state index is -0.449. The Morgan fingerprint density at radius 3 is 2.71 bits per heavy atom. The van der Waals surface area contributed by atoms with Crippen molar-refractivity contribution in [3.8, 4) is 0 Å². The molecule has 5 heteroatoms. The van der Waals surface area contributed by atoms with Gasteiger partial charge in [-0.3, -0.25) is 0 Å². The molecule has 5 nitrogen and oxygen atoms in total. The molecule has 1 saturated carbocycles. The largest absolute Gasteiger partial charge is 0.444 e. The highest BCUT2D eigenvalue weighted by Gasteiger charge is 2.33. The Hall–Kier alpha value is -1.49. The second-order valence-electron chi connectivity index (χ2n) is 6.91. The zero-order valence-corrected chi connectivity index (χ0v) is 13.5. The molecule has 0 bridgehead atoms. The van der Waals surface area contributed by atoms with E-state index in [4.69, 9.17) is 4.74 Å². The molecule has 0 radical (unpaired) electrons. The van der Waals surface area contributed by atoms with Crippen LogP contribution in [0.5, 0.6) is 0 Å². The molecule has 1 aliphatic carbocycles. The van der Waals surface area contributed by atoms with Crippen molar-refractivity contribution < 1.29 is 9.53 Å². The number of alkyl carbamates (subject to hydrolysis) is 1. The topological polar surface area (TPSA) is 55.3 Å². The Balaban J connectivity index is 1.76. The van der Waals surface area contributed by atoms with E-state index in [2.05, 4.69) is 22.9 Å². The number of nitrogens with zero attached hydrogens (tertiary/aromatic N) is 1. The zero-order valence-electron chi connectivity index (χ0n) is 13.5. The first-order valence-corrected chi connectivity index (χ1v) is 7.64. The summed E-state index contributed by atoms with van der Waals surface area (Å²) in [5.41, 5.74) is 0.805. The molecule has 0 aliphatic heterocycles. The summed E-state index contributed by atoms with van der Waals surface area (Å²) < 4.78 is 7.37. The lowest BCUT2D eigenvalue weighted by atomic mass is 10.2. The third kappa shape index (κ3) is 5.79. The summed E-state index contributed by atoms with van der Waals surface area (Å²) >= 11 is 0. The number of hydrogen-bond acceptors (Lipinski definition) is 3. The maximum atomic E-state index is 11.9. The molecule has 1 atom stereocenters. The van der Waals surface area contributed by atoms with Gasteiger partial charge in [-0.15, -0.1) is 0 Å². The van der Waals surface area contributed by atoms with Crippen LogP contribution in [0.3, 0.4) is 0 Å². The normalized spacial score (nSPS) is 16.6. The molecular formula is C16H27N3O2. The van der Waals surface area contributed by atoms with Crippen LogP contribution in [0, 0.1) is 5.92 Å². The first kappa shape index (κ1) is 15.9. The van der Waals surface area contributed by atoms with Gasteiger partial charge in [0.25, 0.3) is 0 Å². The molecule has 2 N–H and O–H groups in total. The van der Waals surface area contributed by atoms with Gasteiger partial charge in [-0.2, -0.15) is 0 Å². The average Bonchev–Trinajstić information content (AvgIpc) is 3.10. The molecule has 0 saturated heterocycles. The van der Waals surface area contributed by atoms with E-state index in [1.807, 2.05) is 38.6 Å². The first-order chi connectivity index (χ1) is 9.83. The number of carbonyl (C=O) groups excluding carboxylic acids is 1. The van der Waals surface area contributed by atoms with E-state index >= 15 is 0 Å². The highest BCUT2D eigenvalue weighted by atomic mass is 16.6. The molecule has 0 aromatic carbocycles. The van der Waals surface area contributed by atoms with E-state index in [9.17, 15) is 4.79 Å². The fourth-order valence-corrected chi connectivity index (χ4v) is 2.33. The molecule has 0 spiro atoms. The Bertz CT molecular complexity index is 472. The molecule has 1 aromatic heterocycles. The van der Waals surface area contributed by atoms with Crippen LogP contribution in [0.15, 0.2) is 18.5 Å². The monoisotopic (exact) mass is 293 g/mol. The van der Waals surface area contributed by atoms with Gasteiger partial charge in [-0.05, 0) is 51.2 Å². The van der Waals surface area contributed by atoms with E-state index in [1.54, 1.807) is 0 Å². The number of ether oxygens (including phenoxy) is 1. The predicted molar refractivity (Wildman–Crippen MR) is 83.0 cm³/mol. The summed E-state index contributed by atoms with van der Waals surface area (Å²) in [4.78, 5) is 11.9. The Labute approximate surface area is 127 Å². The van der Waals surface area contributed by atoms with E-state index in [-0.39, 0.29) is 12.1 Å². The maximum Gasteiger partial charge on any atom is 0.407 e. The summed E-state index contributed by atoms with van der Waals surface area (Å²) in [5, 5.41) is 6.42. The summed E-state index contributed by atoms with van der Waals surface area (Å²) in [5.74, 6) is 0.584. The van der Waals surface area contributed by atoms with Gasteiger partial charge in [0.2, 0.25) is 0 Å². The molecule has 21 heavy (non-hydrogen) atoms. The second kappa shape index (κ2) is 6.52. The van der Waals surface area contributed by atoms with Gasteiger partial charge >= 0.3 is 6.09 Å². The summed E-state index contributed by atoms with van der Waals surface area (Å²) in [7, 11) is 2.01. The second-order valence-corrected chi connectivity index (χ2v) is 6.91. The van der Waals surface area contributed by atoms with Gasteiger partial charge in [-0.25, -0.2) is 4.79 Å². The number of aryl methyl sites for hydroxylation is 1. The van der Waals surface area contributed by atoms with Crippen molar-refractivity contribution in [2.24, 2.45) is 13.0 Å². The average molecular weight is 293 g/mol. The van der Waals surface area contributed by atoms with Crippen molar-refractivity contribution in [1.29, 1.82) is 0 Å². The Morgan fingerprint density at radius 1 is 1.48 bits per heavy atom. The van der Waals surface area contributed by atoms with Crippen LogP contribution < -0.4 is 10.6 Å². The minimum Gasteiger partial charge on any atom is -0.444 e. The van der Waals surface area contributed by atoms with Crippen molar-refractivity contribution in [1.82, 2.24) is 15.2 Å². The number of hydrogen-bond donors (Lipinski definition) is 2. The summed E-state index contributed by atoms with van der Waals surface area (Å²) in [6, 6.07) is 2.25. The lowest BCUT2D eigenvalue weighted by Crippen LogP contribution is -2.45. The van der Waals surface area contributed by atoms with Crippen molar-refractivity contribution >= 4 is 6.09 Å². The Kier molecular flexibility index (Phi) is 4.93. The Morgan fingerprint density at radius 2 is 2.19 bits per heavy atom. The van der Waals surface area contributed by atoms with Gasteiger partial charge < -0.3 is 19.9 Å². The number of nitrogens with one attached hydrogen (secondary N) is 2. The standard InChI is InChI=1S/C16H27N3O2/c1-16(2,3)21-15(20)18-14(13-5-6-13)10-17-9-12-7-8-19(4)11-12/h7-8,11,13-14,17H,5-6,9-10H2,1-4H3,(H,18,20). The van der Waals surface area contributed by atoms with Gasteiger partial charge in [0.05, 0.1) is 0 Å². The molecule has 118 valence electrons. The van der Waals surface area contributed by atoms with Crippen molar-refractivity contribution in [2.45, 2.75) is 51.8 Å². The smallest absolute Gasteiger partial charge is 0.407 e. The lowest BCUT2D eigenvalue weighted by molar-refractivity contribution is 0.0497. The lowest BCUT2D eigenvalue weighted by Gasteiger charge is -2.23. The van der Waals surface area contributed by atoms with Crippen molar-refractivity contribution in [3.63, 3.8) is 0 Å². The SMILES string of the molecule is Cn1ccc(CNCC(NC(=O)OC(C)(C)C)C2CC2)c1. The number of amides is 1. The summed E-state index contributed by atoms with van der Waals surface area (Å²) in [6.45, 7) is 7.24. The minimum absolute atomic E-state index is 0.156. The van der Waals surface area contributed by atoms with Crippen LogP contribution in [-0.4, -0.2) is 28.8 Å². The molecule has 1 fully saturated rings. The third-order valence-corrected chi connectivity index (χ3v) is 3.48. The van der Waals surface area contributed by atoms with Gasteiger partial charge in [0, 0.05) is 38.6 Å². The highest BCUT2D eigenvalue weighted by Crippen LogP contribution is 2.32. The molecule has 2 rings (SSSR count). The highest BCUT2D eigenvalue weighted by molar-refractivity contribution is 5.68. The predicted octanol–water partition coefficient (Wildman–Crippen LogP) is 2.42. The van der Waals surface area contributed by atoms with E-state index in [1.165, 1.54) is 18.4 Å². The van der Waals surface area contributed by atoms with Gasteiger partial charge in [0.15, 0.2) is 0 Å².